The van der Waals surface area contributed by atoms with Crippen LogP contribution in [-0.2, 0) is 9.47 Å². The molecule has 0 aliphatic carbocycles. The number of hydrogen-bond acceptors (Lipinski definition) is 4. The van der Waals surface area contributed by atoms with Crippen molar-refractivity contribution >= 4 is 46.4 Å². The second-order valence-electron chi connectivity index (χ2n) is 5.66. The highest BCUT2D eigenvalue weighted by atomic mass is 35.5. The Morgan fingerprint density at radius 2 is 1.17 bits per heavy atom. The number of nitrogens with one attached hydrogen (secondary N) is 2. The van der Waals surface area contributed by atoms with Gasteiger partial charge in [0.1, 0.15) is 4.84 Å². The number of halogens is 4. The van der Waals surface area contributed by atoms with Gasteiger partial charge in [0, 0.05) is 26.4 Å². The van der Waals surface area contributed by atoms with Gasteiger partial charge in [-0.1, -0.05) is 36.0 Å². The molecule has 0 amide bonds. The van der Waals surface area contributed by atoms with Crippen molar-refractivity contribution in [2.24, 2.45) is 0 Å². The van der Waals surface area contributed by atoms with E-state index in [0.717, 1.165) is 52.0 Å². The van der Waals surface area contributed by atoms with E-state index < -0.39 is 15.3 Å². The van der Waals surface area contributed by atoms with Crippen LogP contribution in [0.1, 0.15) is 38.5 Å². The van der Waals surface area contributed by atoms with Crippen molar-refractivity contribution in [3.05, 3.63) is 0 Å². The van der Waals surface area contributed by atoms with E-state index in [2.05, 4.69) is 10.6 Å². The molecule has 1 saturated heterocycles. The Bertz CT molecular complexity index is 279. The fourth-order valence-electron chi connectivity index (χ4n) is 2.28. The normalized spacial score (nSPS) is 22.8. The molecule has 0 aromatic carbocycles. The van der Waals surface area contributed by atoms with E-state index in [1.807, 2.05) is 0 Å². The third-order valence-electron chi connectivity index (χ3n) is 3.63. The van der Waals surface area contributed by atoms with Crippen molar-refractivity contribution in [2.75, 3.05) is 39.5 Å². The average Bonchev–Trinajstić information content (AvgIpc) is 2.51. The zero-order valence-corrected chi connectivity index (χ0v) is 16.5. The molecule has 0 spiro atoms. The molecular weight excluding hydrogens is 382 g/mol. The summed E-state index contributed by atoms with van der Waals surface area (Å²) >= 11 is 24.4. The van der Waals surface area contributed by atoms with Crippen LogP contribution in [0.5, 0.6) is 0 Å². The Labute approximate surface area is 159 Å². The van der Waals surface area contributed by atoms with Crippen molar-refractivity contribution in [2.45, 2.75) is 53.9 Å². The van der Waals surface area contributed by atoms with Gasteiger partial charge in [0.2, 0.25) is 0 Å². The molecule has 0 radical (unpaired) electrons. The summed E-state index contributed by atoms with van der Waals surface area (Å²) in [5, 5.41) is 6.54. The summed E-state index contributed by atoms with van der Waals surface area (Å²) in [6, 6.07) is 0. The molecule has 1 heterocycles. The van der Waals surface area contributed by atoms with E-state index in [-0.39, 0.29) is 0 Å². The molecule has 0 aromatic heterocycles. The molecule has 0 aromatic rings. The molecule has 8 heteroatoms. The minimum Gasteiger partial charge on any atom is -0.381 e. The standard InChI is InChI=1S/C15H28Cl4N2O2/c16-13(17)15(18,19)14-20-7-5-11-22-9-3-1-2-4-10-23-12-6-8-21-14/h13-14,20-21H,1-12H2. The van der Waals surface area contributed by atoms with Gasteiger partial charge in [0.05, 0.1) is 6.17 Å². The van der Waals surface area contributed by atoms with E-state index in [4.69, 9.17) is 55.9 Å². The Balaban J connectivity index is 2.44. The SMILES string of the molecule is ClC(Cl)C(Cl)(Cl)C1NCCCOCCCCCCOCCCN1. The number of ether oxygens (including phenoxy) is 2. The van der Waals surface area contributed by atoms with Crippen molar-refractivity contribution < 1.29 is 9.47 Å². The highest BCUT2D eigenvalue weighted by Crippen LogP contribution is 2.34. The van der Waals surface area contributed by atoms with Gasteiger partial charge in [0.25, 0.3) is 0 Å². The van der Waals surface area contributed by atoms with Crippen LogP contribution in [0.15, 0.2) is 0 Å². The maximum absolute atomic E-state index is 6.28. The van der Waals surface area contributed by atoms with Crippen molar-refractivity contribution in [1.82, 2.24) is 10.6 Å². The highest BCUT2D eigenvalue weighted by molar-refractivity contribution is 6.60. The predicted molar refractivity (Wildman–Crippen MR) is 99.1 cm³/mol. The first-order valence-electron chi connectivity index (χ1n) is 8.33. The van der Waals surface area contributed by atoms with Crippen LogP contribution >= 0.6 is 46.4 Å². The van der Waals surface area contributed by atoms with Gasteiger partial charge in [-0.15, -0.1) is 23.2 Å². The lowest BCUT2D eigenvalue weighted by atomic mass is 10.2. The quantitative estimate of drug-likeness (QED) is 0.679. The van der Waals surface area contributed by atoms with E-state index in [9.17, 15) is 0 Å². The summed E-state index contributed by atoms with van der Waals surface area (Å²) in [5.74, 6) is 0. The molecule has 4 nitrogen and oxygen atoms in total. The zero-order valence-electron chi connectivity index (χ0n) is 13.5. The van der Waals surface area contributed by atoms with Crippen LogP contribution in [0, 0.1) is 0 Å². The summed E-state index contributed by atoms with van der Waals surface area (Å²) in [4.78, 5) is -0.905. The molecule has 138 valence electrons. The first kappa shape index (κ1) is 22.0. The van der Waals surface area contributed by atoms with E-state index >= 15 is 0 Å². The predicted octanol–water partition coefficient (Wildman–Crippen LogP) is 3.86. The van der Waals surface area contributed by atoms with Gasteiger partial charge in [-0.3, -0.25) is 10.6 Å². The van der Waals surface area contributed by atoms with Gasteiger partial charge in [-0.2, -0.15) is 0 Å². The lowest BCUT2D eigenvalue weighted by molar-refractivity contribution is 0.120. The van der Waals surface area contributed by atoms with E-state index in [1.54, 1.807) is 0 Å². The minimum absolute atomic E-state index is 0.401. The highest BCUT2D eigenvalue weighted by Gasteiger charge is 2.40. The molecule has 23 heavy (non-hydrogen) atoms. The third kappa shape index (κ3) is 9.91. The lowest BCUT2D eigenvalue weighted by Crippen LogP contribution is -2.56. The second kappa shape index (κ2) is 13.2. The number of hydrogen-bond donors (Lipinski definition) is 2. The summed E-state index contributed by atoms with van der Waals surface area (Å²) in [6.07, 6.45) is 5.94. The van der Waals surface area contributed by atoms with Crippen LogP contribution in [0.25, 0.3) is 0 Å². The van der Waals surface area contributed by atoms with Gasteiger partial charge in [-0.25, -0.2) is 0 Å². The molecule has 0 unspecified atom stereocenters. The monoisotopic (exact) mass is 408 g/mol. The molecular formula is C15H28Cl4N2O2. The third-order valence-corrected chi connectivity index (χ3v) is 5.64. The second-order valence-corrected chi connectivity index (χ2v) is 8.20. The zero-order chi connectivity index (χ0) is 17.0. The Morgan fingerprint density at radius 1 is 0.739 bits per heavy atom. The first-order valence-corrected chi connectivity index (χ1v) is 9.96. The van der Waals surface area contributed by atoms with Crippen LogP contribution < -0.4 is 10.6 Å². The van der Waals surface area contributed by atoms with Crippen LogP contribution in [0.4, 0.5) is 0 Å². The van der Waals surface area contributed by atoms with Crippen LogP contribution in [0.3, 0.4) is 0 Å². The van der Waals surface area contributed by atoms with E-state index in [0.29, 0.717) is 13.2 Å². The van der Waals surface area contributed by atoms with Gasteiger partial charge < -0.3 is 9.47 Å². The maximum Gasteiger partial charge on any atom is 0.176 e. The van der Waals surface area contributed by atoms with Crippen molar-refractivity contribution in [1.29, 1.82) is 0 Å². The largest absolute Gasteiger partial charge is 0.381 e. The number of alkyl halides is 4. The average molecular weight is 410 g/mol. The lowest BCUT2D eigenvalue weighted by Gasteiger charge is -2.32. The molecule has 0 atom stereocenters. The first-order chi connectivity index (χ1) is 11.0. The van der Waals surface area contributed by atoms with Crippen LogP contribution in [0.2, 0.25) is 0 Å². The Kier molecular flexibility index (Phi) is 12.7. The smallest absolute Gasteiger partial charge is 0.176 e. The maximum atomic E-state index is 6.28. The molecule has 1 fully saturated rings. The van der Waals surface area contributed by atoms with Crippen molar-refractivity contribution in [3.8, 4) is 0 Å². The Hall–Kier alpha value is 1.000. The molecule has 0 saturated carbocycles. The van der Waals surface area contributed by atoms with Gasteiger partial charge in [-0.05, 0) is 38.8 Å². The van der Waals surface area contributed by atoms with Gasteiger partial charge in [0.15, 0.2) is 4.33 Å². The van der Waals surface area contributed by atoms with E-state index in [1.165, 1.54) is 12.8 Å². The molecule has 1 aliphatic rings. The molecule has 1 aliphatic heterocycles. The van der Waals surface area contributed by atoms with Crippen molar-refractivity contribution in [3.63, 3.8) is 0 Å². The summed E-state index contributed by atoms with van der Waals surface area (Å²) in [6.45, 7) is 4.48. The van der Waals surface area contributed by atoms with Gasteiger partial charge >= 0.3 is 0 Å². The fraction of sp³-hybridized carbons (Fsp3) is 1.00. The summed E-state index contributed by atoms with van der Waals surface area (Å²) in [5.41, 5.74) is 0. The molecule has 1 rings (SSSR count). The topological polar surface area (TPSA) is 42.5 Å². The summed E-state index contributed by atoms with van der Waals surface area (Å²) in [7, 11) is 0. The summed E-state index contributed by atoms with van der Waals surface area (Å²) < 4.78 is 9.92. The minimum atomic E-state index is -1.31. The van der Waals surface area contributed by atoms with Crippen LogP contribution in [-0.4, -0.2) is 54.9 Å². The number of rotatable bonds is 2. The molecule has 2 N–H and O–H groups in total. The Morgan fingerprint density at radius 3 is 1.61 bits per heavy atom. The molecule has 0 bridgehead atoms. The fourth-order valence-corrected chi connectivity index (χ4v) is 2.84.